The first-order chi connectivity index (χ1) is 8.23. The van der Waals surface area contributed by atoms with Gasteiger partial charge in [0.25, 0.3) is 0 Å². The molecule has 1 aromatic rings. The van der Waals surface area contributed by atoms with Gasteiger partial charge in [0.2, 0.25) is 11.8 Å². The van der Waals surface area contributed by atoms with Crippen LogP contribution in [0.5, 0.6) is 0 Å². The topological polar surface area (TPSA) is 50.3 Å². The molecule has 0 N–H and O–H groups in total. The molecule has 17 heavy (non-hydrogen) atoms. The molecule has 0 radical (unpaired) electrons. The zero-order chi connectivity index (χ0) is 11.9. The second-order valence-electron chi connectivity index (χ2n) is 4.89. The van der Waals surface area contributed by atoms with Crippen molar-refractivity contribution in [3.05, 3.63) is 24.4 Å². The third kappa shape index (κ3) is 1.47. The quantitative estimate of drug-likeness (QED) is 0.692. The van der Waals surface area contributed by atoms with Crippen LogP contribution in [0, 0.1) is 5.41 Å². The molecule has 1 saturated heterocycles. The number of hydrogen-bond acceptors (Lipinski definition) is 3. The van der Waals surface area contributed by atoms with Crippen LogP contribution in [0.3, 0.4) is 0 Å². The van der Waals surface area contributed by atoms with E-state index in [1.54, 1.807) is 24.4 Å². The molecule has 0 aromatic carbocycles. The van der Waals surface area contributed by atoms with Gasteiger partial charge in [-0.1, -0.05) is 18.9 Å². The van der Waals surface area contributed by atoms with Crippen molar-refractivity contribution in [3.63, 3.8) is 0 Å². The molecule has 1 aromatic heterocycles. The molecule has 1 aliphatic carbocycles. The molecule has 0 atom stereocenters. The lowest BCUT2D eigenvalue weighted by atomic mass is 9.84. The van der Waals surface area contributed by atoms with Crippen LogP contribution in [-0.2, 0) is 9.59 Å². The summed E-state index contributed by atoms with van der Waals surface area (Å²) >= 11 is 0. The van der Waals surface area contributed by atoms with Gasteiger partial charge in [0.15, 0.2) is 0 Å². The highest BCUT2D eigenvalue weighted by molar-refractivity contribution is 6.22. The summed E-state index contributed by atoms with van der Waals surface area (Å²) in [5.41, 5.74) is -0.408. The van der Waals surface area contributed by atoms with Crippen LogP contribution in [0.2, 0.25) is 0 Å². The van der Waals surface area contributed by atoms with Crippen LogP contribution < -0.4 is 4.90 Å². The molecule has 0 unspecified atom stereocenters. The lowest BCUT2D eigenvalue weighted by molar-refractivity contribution is -0.125. The number of rotatable bonds is 1. The molecule has 1 aliphatic heterocycles. The number of carbonyl (C=O) groups excluding carboxylic acids is 2. The molecule has 2 aliphatic rings. The Balaban J connectivity index is 1.97. The Labute approximate surface area is 99.6 Å². The lowest BCUT2D eigenvalue weighted by Crippen LogP contribution is -2.34. The monoisotopic (exact) mass is 230 g/mol. The Kier molecular flexibility index (Phi) is 2.24. The van der Waals surface area contributed by atoms with Gasteiger partial charge in [-0.15, -0.1) is 0 Å². The van der Waals surface area contributed by atoms with E-state index < -0.39 is 5.41 Å². The van der Waals surface area contributed by atoms with Crippen molar-refractivity contribution >= 4 is 17.6 Å². The largest absolute Gasteiger partial charge is 0.274 e. The van der Waals surface area contributed by atoms with Gasteiger partial charge in [-0.2, -0.15) is 0 Å². The maximum atomic E-state index is 12.4. The second kappa shape index (κ2) is 3.65. The van der Waals surface area contributed by atoms with Crippen LogP contribution in [0.15, 0.2) is 24.4 Å². The fourth-order valence-corrected chi connectivity index (χ4v) is 2.95. The van der Waals surface area contributed by atoms with Crippen LogP contribution in [-0.4, -0.2) is 16.8 Å². The molecule has 2 fully saturated rings. The van der Waals surface area contributed by atoms with Crippen molar-refractivity contribution in [1.82, 2.24) is 4.98 Å². The predicted octanol–water partition coefficient (Wildman–Crippen LogP) is 1.91. The molecule has 1 saturated carbocycles. The maximum absolute atomic E-state index is 12.4. The van der Waals surface area contributed by atoms with Crippen LogP contribution in [0.25, 0.3) is 0 Å². The SMILES string of the molecule is O=C1CC2(CCCC2)C(=O)N1c1ccccn1. The van der Waals surface area contributed by atoms with E-state index in [1.165, 1.54) is 4.90 Å². The Bertz CT molecular complexity index is 464. The van der Waals surface area contributed by atoms with E-state index >= 15 is 0 Å². The number of nitrogens with zero attached hydrogens (tertiary/aromatic N) is 2. The normalized spacial score (nSPS) is 22.7. The third-order valence-corrected chi connectivity index (χ3v) is 3.83. The zero-order valence-corrected chi connectivity index (χ0v) is 9.56. The van der Waals surface area contributed by atoms with Gasteiger partial charge in [-0.25, -0.2) is 9.88 Å². The minimum absolute atomic E-state index is 0.0429. The Morgan fingerprint density at radius 1 is 1.18 bits per heavy atom. The Hall–Kier alpha value is -1.71. The number of hydrogen-bond donors (Lipinski definition) is 0. The summed E-state index contributed by atoms with van der Waals surface area (Å²) in [4.78, 5) is 29.8. The van der Waals surface area contributed by atoms with Crippen molar-refractivity contribution in [2.45, 2.75) is 32.1 Å². The van der Waals surface area contributed by atoms with E-state index in [9.17, 15) is 9.59 Å². The smallest absolute Gasteiger partial charge is 0.241 e. The van der Waals surface area contributed by atoms with Gasteiger partial charge in [0.1, 0.15) is 5.82 Å². The summed E-state index contributed by atoms with van der Waals surface area (Å²) in [6.45, 7) is 0. The summed E-state index contributed by atoms with van der Waals surface area (Å²) in [7, 11) is 0. The summed E-state index contributed by atoms with van der Waals surface area (Å²) in [5, 5.41) is 0. The standard InChI is InChI=1S/C13H14N2O2/c16-11-9-13(6-2-3-7-13)12(17)15(11)10-5-1-4-8-14-10/h1,4-5,8H,2-3,6-7,9H2. The molecule has 1 spiro atoms. The Morgan fingerprint density at radius 2 is 1.94 bits per heavy atom. The molecule has 4 nitrogen and oxygen atoms in total. The van der Waals surface area contributed by atoms with Crippen LogP contribution in [0.1, 0.15) is 32.1 Å². The number of anilines is 1. The van der Waals surface area contributed by atoms with E-state index in [2.05, 4.69) is 4.98 Å². The van der Waals surface area contributed by atoms with E-state index in [1.807, 2.05) is 0 Å². The minimum atomic E-state index is -0.408. The lowest BCUT2D eigenvalue weighted by Gasteiger charge is -2.20. The highest BCUT2D eigenvalue weighted by Crippen LogP contribution is 2.47. The Morgan fingerprint density at radius 3 is 2.59 bits per heavy atom. The fourth-order valence-electron chi connectivity index (χ4n) is 2.95. The molecule has 4 heteroatoms. The molecule has 0 bridgehead atoms. The minimum Gasteiger partial charge on any atom is -0.274 e. The summed E-state index contributed by atoms with van der Waals surface area (Å²) < 4.78 is 0. The van der Waals surface area contributed by atoms with Crippen molar-refractivity contribution in [2.75, 3.05) is 4.90 Å². The van der Waals surface area contributed by atoms with Crippen molar-refractivity contribution in [2.24, 2.45) is 5.41 Å². The number of carbonyl (C=O) groups is 2. The average Bonchev–Trinajstić information content (AvgIpc) is 2.88. The first kappa shape index (κ1) is 10.4. The van der Waals surface area contributed by atoms with Gasteiger partial charge in [0.05, 0.1) is 5.41 Å². The van der Waals surface area contributed by atoms with E-state index in [0.717, 1.165) is 25.7 Å². The van der Waals surface area contributed by atoms with E-state index in [0.29, 0.717) is 12.2 Å². The van der Waals surface area contributed by atoms with E-state index in [-0.39, 0.29) is 11.8 Å². The van der Waals surface area contributed by atoms with Crippen molar-refractivity contribution in [1.29, 1.82) is 0 Å². The maximum Gasteiger partial charge on any atom is 0.241 e. The molecule has 88 valence electrons. The van der Waals surface area contributed by atoms with Crippen LogP contribution in [0.4, 0.5) is 5.82 Å². The fraction of sp³-hybridized carbons (Fsp3) is 0.462. The molecule has 3 rings (SSSR count). The van der Waals surface area contributed by atoms with Crippen LogP contribution >= 0.6 is 0 Å². The third-order valence-electron chi connectivity index (χ3n) is 3.83. The van der Waals surface area contributed by atoms with Gasteiger partial charge < -0.3 is 0 Å². The first-order valence-corrected chi connectivity index (χ1v) is 6.01. The highest BCUT2D eigenvalue weighted by atomic mass is 16.2. The van der Waals surface area contributed by atoms with E-state index in [4.69, 9.17) is 0 Å². The molecule has 2 amide bonds. The molecule has 2 heterocycles. The van der Waals surface area contributed by atoms with Gasteiger partial charge >= 0.3 is 0 Å². The number of pyridine rings is 1. The molecular formula is C13H14N2O2. The predicted molar refractivity (Wildman–Crippen MR) is 62.2 cm³/mol. The van der Waals surface area contributed by atoms with Gasteiger partial charge in [-0.3, -0.25) is 9.59 Å². The number of amides is 2. The zero-order valence-electron chi connectivity index (χ0n) is 9.56. The summed E-state index contributed by atoms with van der Waals surface area (Å²) in [6, 6.07) is 5.28. The highest BCUT2D eigenvalue weighted by Gasteiger charge is 2.53. The van der Waals surface area contributed by atoms with Crippen molar-refractivity contribution < 1.29 is 9.59 Å². The van der Waals surface area contributed by atoms with Crippen molar-refractivity contribution in [3.8, 4) is 0 Å². The van der Waals surface area contributed by atoms with Gasteiger partial charge in [-0.05, 0) is 25.0 Å². The number of aromatic nitrogens is 1. The summed E-state index contributed by atoms with van der Waals surface area (Å²) in [6.07, 6.45) is 5.77. The molecular weight excluding hydrogens is 216 g/mol. The average molecular weight is 230 g/mol. The van der Waals surface area contributed by atoms with Gasteiger partial charge in [0, 0.05) is 12.6 Å². The second-order valence-corrected chi connectivity index (χ2v) is 4.89. The summed E-state index contributed by atoms with van der Waals surface area (Å²) in [5.74, 6) is 0.320. The number of imide groups is 1. The first-order valence-electron chi connectivity index (χ1n) is 6.01.